The van der Waals surface area contributed by atoms with Gasteiger partial charge in [-0.05, 0) is 31.4 Å². The van der Waals surface area contributed by atoms with Gasteiger partial charge in [0.2, 0.25) is 0 Å². The van der Waals surface area contributed by atoms with Gasteiger partial charge in [0.25, 0.3) is 0 Å². The lowest BCUT2D eigenvalue weighted by atomic mass is 10.1. The third kappa shape index (κ3) is 4.58. The number of nitrogens with zero attached hydrogens (tertiary/aromatic N) is 1. The summed E-state index contributed by atoms with van der Waals surface area (Å²) in [5, 5.41) is 3.52. The Balaban J connectivity index is 1.72. The van der Waals surface area contributed by atoms with Crippen molar-refractivity contribution in [2.45, 2.75) is 45.9 Å². The normalized spacial score (nSPS) is 20.5. The van der Waals surface area contributed by atoms with E-state index in [0.29, 0.717) is 12.1 Å². The van der Waals surface area contributed by atoms with Crippen LogP contribution in [0.5, 0.6) is 0 Å². The van der Waals surface area contributed by atoms with Crippen molar-refractivity contribution in [1.29, 1.82) is 0 Å². The molecule has 1 aromatic carbocycles. The number of morpholine rings is 1. The Bertz CT molecular complexity index is 388. The fourth-order valence-corrected chi connectivity index (χ4v) is 2.60. The number of benzene rings is 1. The van der Waals surface area contributed by atoms with Gasteiger partial charge in [0, 0.05) is 32.2 Å². The third-order valence-corrected chi connectivity index (χ3v) is 4.03. The number of hydrogen-bond acceptors (Lipinski definition) is 3. The molecule has 1 saturated heterocycles. The second-order valence-electron chi connectivity index (χ2n) is 5.88. The van der Waals surface area contributed by atoms with Gasteiger partial charge in [0.15, 0.2) is 0 Å². The van der Waals surface area contributed by atoms with Gasteiger partial charge in [-0.1, -0.05) is 31.2 Å². The van der Waals surface area contributed by atoms with Crippen LogP contribution in [0.1, 0.15) is 31.9 Å². The number of ether oxygens (including phenoxy) is 1. The first-order valence-electron chi connectivity index (χ1n) is 7.83. The zero-order valence-electron chi connectivity index (χ0n) is 13.1. The molecule has 1 unspecified atom stereocenters. The van der Waals surface area contributed by atoms with Gasteiger partial charge in [-0.25, -0.2) is 0 Å². The summed E-state index contributed by atoms with van der Waals surface area (Å²) in [7, 11) is 0. The Morgan fingerprint density at radius 1 is 1.25 bits per heavy atom. The van der Waals surface area contributed by atoms with E-state index < -0.39 is 0 Å². The Labute approximate surface area is 123 Å². The van der Waals surface area contributed by atoms with Crippen LogP contribution in [0.4, 0.5) is 0 Å². The molecule has 0 radical (unpaired) electrons. The zero-order chi connectivity index (χ0) is 14.4. The van der Waals surface area contributed by atoms with Crippen molar-refractivity contribution in [3.8, 4) is 0 Å². The number of nitrogens with one attached hydrogen (secondary N) is 1. The molecule has 1 aliphatic heterocycles. The maximum absolute atomic E-state index is 5.83. The summed E-state index contributed by atoms with van der Waals surface area (Å²) in [5.74, 6) is 0. The minimum Gasteiger partial charge on any atom is -0.374 e. The molecule has 1 heterocycles. The Morgan fingerprint density at radius 3 is 2.60 bits per heavy atom. The van der Waals surface area contributed by atoms with Crippen LogP contribution in [0.3, 0.4) is 0 Å². The van der Waals surface area contributed by atoms with Gasteiger partial charge in [-0.15, -0.1) is 0 Å². The average molecular weight is 276 g/mol. The summed E-state index contributed by atoms with van der Waals surface area (Å²) in [4.78, 5) is 2.49. The van der Waals surface area contributed by atoms with Crippen molar-refractivity contribution in [2.24, 2.45) is 0 Å². The Hall–Kier alpha value is -0.900. The van der Waals surface area contributed by atoms with Gasteiger partial charge in [0.1, 0.15) is 0 Å². The van der Waals surface area contributed by atoms with E-state index in [-0.39, 0.29) is 0 Å². The molecule has 0 aromatic heterocycles. The maximum atomic E-state index is 5.83. The van der Waals surface area contributed by atoms with Crippen molar-refractivity contribution in [1.82, 2.24) is 10.2 Å². The van der Waals surface area contributed by atoms with Crippen molar-refractivity contribution in [2.75, 3.05) is 26.2 Å². The molecule has 1 fully saturated rings. The molecule has 1 N–H and O–H groups in total. The third-order valence-electron chi connectivity index (χ3n) is 4.03. The summed E-state index contributed by atoms with van der Waals surface area (Å²) in [6, 6.07) is 9.48. The number of hydrogen-bond donors (Lipinski definition) is 1. The SMILES string of the molecule is CCc1ccc(CNCC2CN(C(C)C)CCO2)cc1. The van der Waals surface area contributed by atoms with Crippen molar-refractivity contribution in [3.05, 3.63) is 35.4 Å². The van der Waals surface area contributed by atoms with Crippen LogP contribution in [0, 0.1) is 0 Å². The van der Waals surface area contributed by atoms with E-state index in [1.54, 1.807) is 0 Å². The van der Waals surface area contributed by atoms with E-state index in [2.05, 4.69) is 55.3 Å². The van der Waals surface area contributed by atoms with Crippen molar-refractivity contribution in [3.63, 3.8) is 0 Å². The zero-order valence-corrected chi connectivity index (χ0v) is 13.1. The molecule has 3 nitrogen and oxygen atoms in total. The quantitative estimate of drug-likeness (QED) is 0.864. The van der Waals surface area contributed by atoms with Crippen LogP contribution in [-0.2, 0) is 17.7 Å². The van der Waals surface area contributed by atoms with Gasteiger partial charge < -0.3 is 10.1 Å². The molecule has 112 valence electrons. The smallest absolute Gasteiger partial charge is 0.0826 e. The first-order valence-corrected chi connectivity index (χ1v) is 7.83. The van der Waals surface area contributed by atoms with Crippen LogP contribution in [0.25, 0.3) is 0 Å². The van der Waals surface area contributed by atoms with Crippen LogP contribution in [0.15, 0.2) is 24.3 Å². The fourth-order valence-electron chi connectivity index (χ4n) is 2.60. The molecule has 3 heteroatoms. The molecule has 0 saturated carbocycles. The predicted molar refractivity (Wildman–Crippen MR) is 84.0 cm³/mol. The van der Waals surface area contributed by atoms with Crippen LogP contribution in [0.2, 0.25) is 0 Å². The van der Waals surface area contributed by atoms with Crippen LogP contribution >= 0.6 is 0 Å². The summed E-state index contributed by atoms with van der Waals surface area (Å²) in [6.07, 6.45) is 1.43. The lowest BCUT2D eigenvalue weighted by Crippen LogP contribution is -2.48. The summed E-state index contributed by atoms with van der Waals surface area (Å²) in [5.41, 5.74) is 2.75. The minimum atomic E-state index is 0.320. The van der Waals surface area contributed by atoms with Gasteiger partial charge >= 0.3 is 0 Å². The van der Waals surface area contributed by atoms with Gasteiger partial charge in [-0.2, -0.15) is 0 Å². The number of aryl methyl sites for hydroxylation is 1. The Kier molecular flexibility index (Phi) is 6.02. The first kappa shape index (κ1) is 15.5. The highest BCUT2D eigenvalue weighted by atomic mass is 16.5. The molecule has 1 aliphatic rings. The standard InChI is InChI=1S/C17H28N2O/c1-4-15-5-7-16(8-6-15)11-18-12-17-13-19(14(2)3)9-10-20-17/h5-8,14,17-18H,4,9-13H2,1-3H3. The van der Waals surface area contributed by atoms with Crippen molar-refractivity contribution >= 4 is 0 Å². The molecule has 20 heavy (non-hydrogen) atoms. The molecule has 0 amide bonds. The maximum Gasteiger partial charge on any atom is 0.0826 e. The average Bonchev–Trinajstić information content (AvgIpc) is 2.48. The summed E-state index contributed by atoms with van der Waals surface area (Å²) in [6.45, 7) is 11.5. The highest BCUT2D eigenvalue weighted by molar-refractivity contribution is 5.22. The van der Waals surface area contributed by atoms with Gasteiger partial charge in [0.05, 0.1) is 12.7 Å². The lowest BCUT2D eigenvalue weighted by molar-refractivity contribution is -0.0372. The molecule has 0 spiro atoms. The largest absolute Gasteiger partial charge is 0.374 e. The predicted octanol–water partition coefficient (Wildman–Crippen LogP) is 2.45. The number of rotatable bonds is 6. The highest BCUT2D eigenvalue weighted by Gasteiger charge is 2.21. The lowest BCUT2D eigenvalue weighted by Gasteiger charge is -2.35. The summed E-state index contributed by atoms with van der Waals surface area (Å²) >= 11 is 0. The van der Waals surface area contributed by atoms with E-state index >= 15 is 0 Å². The Morgan fingerprint density at radius 2 is 1.95 bits per heavy atom. The monoisotopic (exact) mass is 276 g/mol. The van der Waals surface area contributed by atoms with Crippen LogP contribution < -0.4 is 5.32 Å². The van der Waals surface area contributed by atoms with E-state index in [4.69, 9.17) is 4.74 Å². The summed E-state index contributed by atoms with van der Waals surface area (Å²) < 4.78 is 5.83. The molecule has 0 bridgehead atoms. The molecular weight excluding hydrogens is 248 g/mol. The second-order valence-corrected chi connectivity index (χ2v) is 5.88. The highest BCUT2D eigenvalue weighted by Crippen LogP contribution is 2.09. The van der Waals surface area contributed by atoms with Gasteiger partial charge in [-0.3, -0.25) is 4.90 Å². The van der Waals surface area contributed by atoms with E-state index in [9.17, 15) is 0 Å². The molecule has 1 aromatic rings. The topological polar surface area (TPSA) is 24.5 Å². The molecule has 2 rings (SSSR count). The van der Waals surface area contributed by atoms with E-state index in [1.807, 2.05) is 0 Å². The van der Waals surface area contributed by atoms with Crippen molar-refractivity contribution < 1.29 is 4.74 Å². The molecule has 1 atom stereocenters. The minimum absolute atomic E-state index is 0.320. The first-order chi connectivity index (χ1) is 9.69. The molecule has 0 aliphatic carbocycles. The van der Waals surface area contributed by atoms with E-state index in [0.717, 1.165) is 39.2 Å². The fraction of sp³-hybridized carbons (Fsp3) is 0.647. The van der Waals surface area contributed by atoms with Crippen LogP contribution in [-0.4, -0.2) is 43.3 Å². The molecular formula is C17H28N2O. The second kappa shape index (κ2) is 7.77. The van der Waals surface area contributed by atoms with E-state index in [1.165, 1.54) is 11.1 Å².